The average molecular weight is 235 g/mol. The van der Waals surface area contributed by atoms with Gasteiger partial charge < -0.3 is 11.1 Å². The van der Waals surface area contributed by atoms with E-state index in [-0.39, 0.29) is 0 Å². The highest BCUT2D eigenvalue weighted by Crippen LogP contribution is 2.25. The van der Waals surface area contributed by atoms with Crippen LogP contribution in [0.1, 0.15) is 0 Å². The molecule has 3 N–H and O–H groups in total. The summed E-state index contributed by atoms with van der Waals surface area (Å²) in [4.78, 5) is 4.07. The monoisotopic (exact) mass is 235 g/mol. The highest BCUT2D eigenvalue weighted by Gasteiger charge is 2.00. The zero-order valence-corrected chi connectivity index (χ0v) is 9.80. The van der Waals surface area contributed by atoms with Crippen LogP contribution in [0.15, 0.2) is 60.8 Å². The zero-order valence-electron chi connectivity index (χ0n) is 9.80. The molecule has 0 amide bonds. The summed E-state index contributed by atoms with van der Waals surface area (Å²) in [5.41, 5.74) is 7.57. The van der Waals surface area contributed by atoms with Crippen molar-refractivity contribution < 1.29 is 0 Å². The van der Waals surface area contributed by atoms with Gasteiger partial charge in [-0.1, -0.05) is 36.4 Å². The van der Waals surface area contributed by atoms with Crippen LogP contribution < -0.4 is 11.1 Å². The molecule has 0 atom stereocenters. The highest BCUT2D eigenvalue weighted by atomic mass is 14.9. The molecule has 0 aliphatic rings. The third-order valence-electron chi connectivity index (χ3n) is 2.86. The summed E-state index contributed by atoms with van der Waals surface area (Å²) in [7, 11) is 0. The fraction of sp³-hybridized carbons (Fsp3) is 0. The van der Waals surface area contributed by atoms with Crippen LogP contribution in [0.5, 0.6) is 0 Å². The summed E-state index contributed by atoms with van der Waals surface area (Å²) in [5, 5.41) is 5.76. The van der Waals surface area contributed by atoms with Gasteiger partial charge in [0.05, 0.1) is 11.9 Å². The maximum Gasteiger partial charge on any atom is 0.123 e. The Hall–Kier alpha value is -2.55. The van der Waals surface area contributed by atoms with Crippen LogP contribution in [0.4, 0.5) is 17.2 Å². The lowest BCUT2D eigenvalue weighted by Crippen LogP contribution is -1.94. The summed E-state index contributed by atoms with van der Waals surface area (Å²) >= 11 is 0. The van der Waals surface area contributed by atoms with Crippen molar-refractivity contribution in [2.75, 3.05) is 11.1 Å². The van der Waals surface area contributed by atoms with Gasteiger partial charge in [0.15, 0.2) is 0 Å². The SMILES string of the molecule is Nc1ccc(Nc2cccc3ccccc23)cn1. The quantitative estimate of drug-likeness (QED) is 0.714. The predicted octanol–water partition coefficient (Wildman–Crippen LogP) is 3.56. The van der Waals surface area contributed by atoms with Crippen LogP contribution in [-0.4, -0.2) is 4.98 Å². The first-order valence-corrected chi connectivity index (χ1v) is 5.79. The summed E-state index contributed by atoms with van der Waals surface area (Å²) in [6.07, 6.45) is 1.73. The normalized spacial score (nSPS) is 10.4. The van der Waals surface area contributed by atoms with E-state index in [9.17, 15) is 0 Å². The van der Waals surface area contributed by atoms with E-state index in [1.54, 1.807) is 12.3 Å². The number of pyridine rings is 1. The van der Waals surface area contributed by atoms with Crippen LogP contribution >= 0.6 is 0 Å². The molecule has 0 aliphatic heterocycles. The van der Waals surface area contributed by atoms with Crippen LogP contribution in [0.2, 0.25) is 0 Å². The standard InChI is InChI=1S/C15H13N3/c16-15-9-8-12(10-17-15)18-14-7-3-5-11-4-1-2-6-13(11)14/h1-10,18H,(H2,16,17). The number of anilines is 3. The molecule has 0 saturated carbocycles. The summed E-state index contributed by atoms with van der Waals surface area (Å²) in [6.45, 7) is 0. The van der Waals surface area contributed by atoms with Gasteiger partial charge in [-0.15, -0.1) is 0 Å². The second-order valence-electron chi connectivity index (χ2n) is 4.12. The van der Waals surface area contributed by atoms with Crippen molar-refractivity contribution in [3.05, 3.63) is 60.8 Å². The fourth-order valence-corrected chi connectivity index (χ4v) is 1.97. The molecule has 0 aliphatic carbocycles. The maximum atomic E-state index is 5.57. The minimum Gasteiger partial charge on any atom is -0.384 e. The van der Waals surface area contributed by atoms with Gasteiger partial charge in [0.25, 0.3) is 0 Å². The number of hydrogen-bond donors (Lipinski definition) is 2. The van der Waals surface area contributed by atoms with Crippen LogP contribution in [-0.2, 0) is 0 Å². The van der Waals surface area contributed by atoms with Gasteiger partial charge in [-0.05, 0) is 23.6 Å². The third-order valence-corrected chi connectivity index (χ3v) is 2.86. The zero-order chi connectivity index (χ0) is 12.4. The number of fused-ring (bicyclic) bond motifs is 1. The number of nitrogens with two attached hydrogens (primary N) is 1. The Kier molecular flexibility index (Phi) is 2.57. The van der Waals surface area contributed by atoms with Crippen molar-refractivity contribution in [1.82, 2.24) is 4.98 Å². The van der Waals surface area contributed by atoms with Crippen LogP contribution in [0, 0.1) is 0 Å². The molecule has 0 radical (unpaired) electrons. The topological polar surface area (TPSA) is 50.9 Å². The first kappa shape index (κ1) is 10.6. The molecule has 3 heteroatoms. The molecule has 1 heterocycles. The molecule has 3 aromatic rings. The molecule has 0 fully saturated rings. The molecule has 2 aromatic carbocycles. The Bertz CT molecular complexity index is 669. The average Bonchev–Trinajstić information content (AvgIpc) is 2.42. The lowest BCUT2D eigenvalue weighted by Gasteiger charge is -2.09. The minimum atomic E-state index is 0.526. The van der Waals surface area contributed by atoms with Gasteiger partial charge in [-0.25, -0.2) is 4.98 Å². The van der Waals surface area contributed by atoms with Gasteiger partial charge in [-0.2, -0.15) is 0 Å². The number of hydrogen-bond acceptors (Lipinski definition) is 3. The largest absolute Gasteiger partial charge is 0.384 e. The van der Waals surface area contributed by atoms with Crippen molar-refractivity contribution in [3.63, 3.8) is 0 Å². The van der Waals surface area contributed by atoms with E-state index >= 15 is 0 Å². The minimum absolute atomic E-state index is 0.526. The van der Waals surface area contributed by atoms with Crippen molar-refractivity contribution in [2.24, 2.45) is 0 Å². The number of aromatic nitrogens is 1. The number of nitrogen functional groups attached to an aromatic ring is 1. The Morgan fingerprint density at radius 3 is 2.56 bits per heavy atom. The molecule has 0 spiro atoms. The molecule has 0 saturated heterocycles. The van der Waals surface area contributed by atoms with Crippen molar-refractivity contribution in [1.29, 1.82) is 0 Å². The predicted molar refractivity (Wildman–Crippen MR) is 75.9 cm³/mol. The van der Waals surface area contributed by atoms with Crippen molar-refractivity contribution in [2.45, 2.75) is 0 Å². The Morgan fingerprint density at radius 1 is 0.889 bits per heavy atom. The molecule has 0 bridgehead atoms. The summed E-state index contributed by atoms with van der Waals surface area (Å²) < 4.78 is 0. The molecule has 3 nitrogen and oxygen atoms in total. The van der Waals surface area contributed by atoms with Gasteiger partial charge >= 0.3 is 0 Å². The first-order chi connectivity index (χ1) is 8.83. The smallest absolute Gasteiger partial charge is 0.123 e. The van der Waals surface area contributed by atoms with Gasteiger partial charge in [-0.3, -0.25) is 0 Å². The molecular weight excluding hydrogens is 222 g/mol. The van der Waals surface area contributed by atoms with E-state index in [0.717, 1.165) is 11.4 Å². The molecule has 18 heavy (non-hydrogen) atoms. The summed E-state index contributed by atoms with van der Waals surface area (Å²) in [6, 6.07) is 18.2. The van der Waals surface area contributed by atoms with E-state index in [1.807, 2.05) is 24.3 Å². The van der Waals surface area contributed by atoms with Crippen LogP contribution in [0.3, 0.4) is 0 Å². The number of nitrogens with one attached hydrogen (secondary N) is 1. The molecule has 3 rings (SSSR count). The molecule has 1 aromatic heterocycles. The van der Waals surface area contributed by atoms with Crippen molar-refractivity contribution >= 4 is 28.0 Å². The fourth-order valence-electron chi connectivity index (χ4n) is 1.97. The number of nitrogens with zero attached hydrogens (tertiary/aromatic N) is 1. The Balaban J connectivity index is 2.02. The maximum absolute atomic E-state index is 5.57. The second-order valence-corrected chi connectivity index (χ2v) is 4.12. The van der Waals surface area contributed by atoms with E-state index in [1.165, 1.54) is 10.8 Å². The van der Waals surface area contributed by atoms with Gasteiger partial charge in [0.1, 0.15) is 5.82 Å². The second kappa shape index (κ2) is 4.37. The van der Waals surface area contributed by atoms with Gasteiger partial charge in [0, 0.05) is 11.1 Å². The first-order valence-electron chi connectivity index (χ1n) is 5.79. The molecular formula is C15H13N3. The van der Waals surface area contributed by atoms with E-state index < -0.39 is 0 Å². The van der Waals surface area contributed by atoms with Crippen LogP contribution in [0.25, 0.3) is 10.8 Å². The lowest BCUT2D eigenvalue weighted by molar-refractivity contribution is 1.33. The lowest BCUT2D eigenvalue weighted by atomic mass is 10.1. The van der Waals surface area contributed by atoms with E-state index in [4.69, 9.17) is 5.73 Å². The summed E-state index contributed by atoms with van der Waals surface area (Å²) in [5.74, 6) is 0.526. The molecule has 88 valence electrons. The van der Waals surface area contributed by atoms with Gasteiger partial charge in [0.2, 0.25) is 0 Å². The van der Waals surface area contributed by atoms with Crippen molar-refractivity contribution in [3.8, 4) is 0 Å². The Labute approximate surface area is 105 Å². The number of rotatable bonds is 2. The van der Waals surface area contributed by atoms with E-state index in [0.29, 0.717) is 5.82 Å². The highest BCUT2D eigenvalue weighted by molar-refractivity contribution is 5.95. The molecule has 0 unspecified atom stereocenters. The Morgan fingerprint density at radius 2 is 1.72 bits per heavy atom. The van der Waals surface area contributed by atoms with E-state index in [2.05, 4.69) is 34.6 Å². The third kappa shape index (κ3) is 1.98. The number of benzene rings is 2.